The lowest BCUT2D eigenvalue weighted by Crippen LogP contribution is -2.56. The Balaban J connectivity index is 1.61. The zero-order valence-corrected chi connectivity index (χ0v) is 16.7. The molecule has 6 unspecified atom stereocenters. The second kappa shape index (κ2) is 6.49. The normalized spacial score (nSPS) is 45.0. The lowest BCUT2D eigenvalue weighted by atomic mass is 9.44. The molecule has 0 amide bonds. The van der Waals surface area contributed by atoms with E-state index >= 15 is 0 Å². The van der Waals surface area contributed by atoms with E-state index in [1.54, 1.807) is 0 Å². The predicted molar refractivity (Wildman–Crippen MR) is 101 cm³/mol. The highest BCUT2D eigenvalue weighted by Gasteiger charge is 2.58. The molecule has 0 heterocycles. The van der Waals surface area contributed by atoms with Crippen LogP contribution in [0.2, 0.25) is 0 Å². The first-order valence-corrected chi connectivity index (χ1v) is 10.8. The van der Waals surface area contributed by atoms with Crippen molar-refractivity contribution in [2.75, 3.05) is 0 Å². The summed E-state index contributed by atoms with van der Waals surface area (Å²) in [5.41, 5.74) is 1.81. The van der Waals surface area contributed by atoms with E-state index in [0.717, 1.165) is 38.0 Å². The standard InChI is InChI=1S/C23H34O3/c1-4-21(25)26-20-7-5-6-18-17-9-8-15-14-16(24)10-12-22(15,2)19(17)11-13-23(18,20)3/h14,17-20H,4-13H2,1-3H3. The quantitative estimate of drug-likeness (QED) is 0.635. The first kappa shape index (κ1) is 18.3. The van der Waals surface area contributed by atoms with Gasteiger partial charge in [-0.2, -0.15) is 0 Å². The zero-order chi connectivity index (χ0) is 18.5. The van der Waals surface area contributed by atoms with E-state index < -0.39 is 0 Å². The van der Waals surface area contributed by atoms with Crippen LogP contribution in [0.25, 0.3) is 0 Å². The molecular weight excluding hydrogens is 324 g/mol. The molecule has 0 saturated heterocycles. The molecule has 0 spiro atoms. The van der Waals surface area contributed by atoms with Gasteiger partial charge >= 0.3 is 5.97 Å². The minimum absolute atomic E-state index is 0.0365. The summed E-state index contributed by atoms with van der Waals surface area (Å²) in [5.74, 6) is 2.40. The van der Waals surface area contributed by atoms with Crippen LogP contribution in [0.3, 0.4) is 0 Å². The van der Waals surface area contributed by atoms with Gasteiger partial charge in [-0.05, 0) is 80.6 Å². The number of ether oxygens (including phenoxy) is 1. The summed E-state index contributed by atoms with van der Waals surface area (Å²) in [6.07, 6.45) is 12.5. The molecule has 0 bridgehead atoms. The molecule has 4 aliphatic rings. The Morgan fingerprint density at radius 1 is 1.12 bits per heavy atom. The molecule has 6 atom stereocenters. The van der Waals surface area contributed by atoms with Crippen molar-refractivity contribution in [1.82, 2.24) is 0 Å². The van der Waals surface area contributed by atoms with Crippen LogP contribution in [0.1, 0.15) is 85.0 Å². The molecule has 0 aromatic rings. The Morgan fingerprint density at radius 3 is 2.69 bits per heavy atom. The number of allylic oxidation sites excluding steroid dienone is 2. The minimum atomic E-state index is -0.0365. The molecule has 26 heavy (non-hydrogen) atoms. The number of esters is 1. The van der Waals surface area contributed by atoms with E-state index in [-0.39, 0.29) is 22.9 Å². The van der Waals surface area contributed by atoms with Crippen LogP contribution >= 0.6 is 0 Å². The molecule has 4 rings (SSSR count). The molecule has 0 aliphatic heterocycles. The molecule has 0 aromatic heterocycles. The van der Waals surface area contributed by atoms with E-state index in [4.69, 9.17) is 4.74 Å². The van der Waals surface area contributed by atoms with Gasteiger partial charge in [-0.3, -0.25) is 9.59 Å². The van der Waals surface area contributed by atoms with Crippen molar-refractivity contribution in [3.05, 3.63) is 11.6 Å². The number of fused-ring (bicyclic) bond motifs is 5. The highest BCUT2D eigenvalue weighted by Crippen LogP contribution is 2.64. The van der Waals surface area contributed by atoms with E-state index in [0.29, 0.717) is 24.0 Å². The molecule has 3 heteroatoms. The molecule has 3 fully saturated rings. The van der Waals surface area contributed by atoms with Gasteiger partial charge in [0.2, 0.25) is 0 Å². The zero-order valence-electron chi connectivity index (χ0n) is 16.7. The molecule has 0 aromatic carbocycles. The van der Waals surface area contributed by atoms with Crippen molar-refractivity contribution < 1.29 is 14.3 Å². The number of hydrogen-bond donors (Lipinski definition) is 0. The highest BCUT2D eigenvalue weighted by atomic mass is 16.5. The third-order valence-corrected chi connectivity index (χ3v) is 8.68. The maximum Gasteiger partial charge on any atom is 0.305 e. The number of hydrogen-bond acceptors (Lipinski definition) is 3. The van der Waals surface area contributed by atoms with E-state index in [1.807, 2.05) is 13.0 Å². The Hall–Kier alpha value is -1.12. The summed E-state index contributed by atoms with van der Waals surface area (Å²) < 4.78 is 5.94. The Bertz CT molecular complexity index is 635. The SMILES string of the molecule is CCC(=O)OC1CCCC2C3CCC4=CC(=O)CCC4(C)C3CCC12C. The number of carbonyl (C=O) groups is 2. The van der Waals surface area contributed by atoms with Crippen LogP contribution in [-0.4, -0.2) is 17.9 Å². The molecule has 0 radical (unpaired) electrons. The molecule has 0 N–H and O–H groups in total. The average Bonchev–Trinajstić information content (AvgIpc) is 2.62. The number of ketones is 1. The molecule has 3 saturated carbocycles. The lowest BCUT2D eigenvalue weighted by Gasteiger charge is -2.61. The van der Waals surface area contributed by atoms with Crippen LogP contribution in [0.15, 0.2) is 11.6 Å². The first-order chi connectivity index (χ1) is 12.4. The lowest BCUT2D eigenvalue weighted by molar-refractivity contribution is -0.177. The number of rotatable bonds is 2. The van der Waals surface area contributed by atoms with E-state index in [2.05, 4.69) is 13.8 Å². The van der Waals surface area contributed by atoms with Crippen LogP contribution in [-0.2, 0) is 14.3 Å². The van der Waals surface area contributed by atoms with Gasteiger partial charge in [-0.15, -0.1) is 0 Å². The third kappa shape index (κ3) is 2.68. The molecular formula is C23H34O3. The van der Waals surface area contributed by atoms with Crippen LogP contribution in [0.5, 0.6) is 0 Å². The summed E-state index contributed by atoms with van der Waals surface area (Å²) >= 11 is 0. The fourth-order valence-corrected chi connectivity index (χ4v) is 7.14. The monoisotopic (exact) mass is 358 g/mol. The molecule has 4 aliphatic carbocycles. The third-order valence-electron chi connectivity index (χ3n) is 8.68. The van der Waals surface area contributed by atoms with Crippen LogP contribution in [0, 0.1) is 28.6 Å². The first-order valence-electron chi connectivity index (χ1n) is 10.8. The van der Waals surface area contributed by atoms with Gasteiger partial charge < -0.3 is 4.74 Å². The fourth-order valence-electron chi connectivity index (χ4n) is 7.14. The Morgan fingerprint density at radius 2 is 1.92 bits per heavy atom. The van der Waals surface area contributed by atoms with Crippen molar-refractivity contribution in [2.24, 2.45) is 28.6 Å². The fraction of sp³-hybridized carbons (Fsp3) is 0.826. The smallest absolute Gasteiger partial charge is 0.305 e. The molecule has 144 valence electrons. The topological polar surface area (TPSA) is 43.4 Å². The summed E-state index contributed by atoms with van der Waals surface area (Å²) in [4.78, 5) is 23.9. The maximum absolute atomic E-state index is 12.0. The summed E-state index contributed by atoms with van der Waals surface area (Å²) in [7, 11) is 0. The maximum atomic E-state index is 12.0. The Labute approximate surface area is 157 Å². The predicted octanol–water partition coefficient (Wildman–Crippen LogP) is 5.23. The van der Waals surface area contributed by atoms with Gasteiger partial charge in [0.25, 0.3) is 0 Å². The van der Waals surface area contributed by atoms with Gasteiger partial charge in [-0.25, -0.2) is 0 Å². The van der Waals surface area contributed by atoms with Crippen molar-refractivity contribution in [2.45, 2.75) is 91.1 Å². The van der Waals surface area contributed by atoms with Crippen molar-refractivity contribution in [1.29, 1.82) is 0 Å². The highest BCUT2D eigenvalue weighted by molar-refractivity contribution is 5.91. The summed E-state index contributed by atoms with van der Waals surface area (Å²) in [6, 6.07) is 0. The average molecular weight is 359 g/mol. The van der Waals surface area contributed by atoms with Crippen LogP contribution < -0.4 is 0 Å². The van der Waals surface area contributed by atoms with Crippen LogP contribution in [0.4, 0.5) is 0 Å². The number of carbonyl (C=O) groups excluding carboxylic acids is 2. The van der Waals surface area contributed by atoms with Crippen molar-refractivity contribution in [3.63, 3.8) is 0 Å². The van der Waals surface area contributed by atoms with Crippen molar-refractivity contribution in [3.8, 4) is 0 Å². The minimum Gasteiger partial charge on any atom is -0.462 e. The van der Waals surface area contributed by atoms with Gasteiger partial charge in [0.1, 0.15) is 6.10 Å². The van der Waals surface area contributed by atoms with Crippen molar-refractivity contribution >= 4 is 11.8 Å². The molecule has 3 nitrogen and oxygen atoms in total. The Kier molecular flexibility index (Phi) is 4.56. The van der Waals surface area contributed by atoms with E-state index in [9.17, 15) is 9.59 Å². The van der Waals surface area contributed by atoms with Gasteiger partial charge in [0.15, 0.2) is 5.78 Å². The van der Waals surface area contributed by atoms with E-state index in [1.165, 1.54) is 31.3 Å². The van der Waals surface area contributed by atoms with Gasteiger partial charge in [-0.1, -0.05) is 26.3 Å². The summed E-state index contributed by atoms with van der Waals surface area (Å²) in [5, 5.41) is 0. The second-order valence-corrected chi connectivity index (χ2v) is 9.78. The van der Waals surface area contributed by atoms with Gasteiger partial charge in [0, 0.05) is 18.3 Å². The largest absolute Gasteiger partial charge is 0.462 e. The summed E-state index contributed by atoms with van der Waals surface area (Å²) in [6.45, 7) is 6.73. The van der Waals surface area contributed by atoms with Gasteiger partial charge in [0.05, 0.1) is 0 Å². The second-order valence-electron chi connectivity index (χ2n) is 9.78.